The van der Waals surface area contributed by atoms with Crippen LogP contribution in [-0.2, 0) is 0 Å². The van der Waals surface area contributed by atoms with Crippen molar-refractivity contribution < 1.29 is 0 Å². The zero-order chi connectivity index (χ0) is 8.63. The van der Waals surface area contributed by atoms with Crippen LogP contribution in [-0.4, -0.2) is 10.2 Å². The summed E-state index contributed by atoms with van der Waals surface area (Å²) in [5, 5.41) is 0.891. The third-order valence-corrected chi connectivity index (χ3v) is 8.18. The molecule has 1 heteroatoms. The molecule has 4 rings (SSSR count). The lowest BCUT2D eigenvalue weighted by molar-refractivity contribution is 0.224. The molecule has 0 heterocycles. The van der Waals surface area contributed by atoms with Crippen molar-refractivity contribution in [1.82, 2.24) is 0 Å². The lowest BCUT2D eigenvalue weighted by Gasteiger charge is -2.42. The van der Waals surface area contributed by atoms with Gasteiger partial charge in [0.05, 0.1) is 0 Å². The molecule has 0 aromatic rings. The van der Waals surface area contributed by atoms with Gasteiger partial charge in [0.1, 0.15) is 0 Å². The molecule has 6 unspecified atom stereocenters. The van der Waals surface area contributed by atoms with Crippen LogP contribution < -0.4 is 0 Å². The second-order valence-electron chi connectivity index (χ2n) is 6.05. The summed E-state index contributed by atoms with van der Waals surface area (Å²) in [6.45, 7) is 0. The fourth-order valence-electron chi connectivity index (χ4n) is 5.50. The minimum absolute atomic E-state index is 0.891. The van der Waals surface area contributed by atoms with E-state index in [1.165, 1.54) is 10.2 Å². The molecule has 0 N–H and O–H groups in total. The Hall–Kier alpha value is -0.0431. The Kier molecular flexibility index (Phi) is 1.11. The Morgan fingerprint density at radius 3 is 2.92 bits per heavy atom. The predicted molar refractivity (Wildman–Crippen MR) is 57.7 cm³/mol. The summed E-state index contributed by atoms with van der Waals surface area (Å²) in [4.78, 5) is 0. The van der Waals surface area contributed by atoms with E-state index in [9.17, 15) is 0 Å². The molecule has 0 saturated heterocycles. The first-order valence-electron chi connectivity index (χ1n) is 5.98. The summed E-state index contributed by atoms with van der Waals surface area (Å²) in [5.74, 6) is 5.53. The third kappa shape index (κ3) is 0.613. The Bertz CT molecular complexity index is 295. The van der Waals surface area contributed by atoms with Gasteiger partial charge in [-0.2, -0.15) is 0 Å². The van der Waals surface area contributed by atoms with E-state index >= 15 is 0 Å². The molecule has 0 amide bonds. The van der Waals surface area contributed by atoms with Crippen molar-refractivity contribution >= 4 is 10.2 Å². The summed E-state index contributed by atoms with van der Waals surface area (Å²) in [6.07, 6.45) is 11.5. The third-order valence-electron chi connectivity index (χ3n) is 5.96. The smallest absolute Gasteiger partial charge is 0.0121 e. The monoisotopic (exact) mass is 190 g/mol. The molecule has 13 heavy (non-hydrogen) atoms. The van der Waals surface area contributed by atoms with Gasteiger partial charge in [0.2, 0.25) is 0 Å². The highest BCUT2D eigenvalue weighted by molar-refractivity contribution is 6.17. The predicted octanol–water partition coefficient (Wildman–Crippen LogP) is 1.76. The zero-order valence-corrected chi connectivity index (χ0v) is 10.4. The van der Waals surface area contributed by atoms with Gasteiger partial charge in [-0.3, -0.25) is 0 Å². The number of hydrogen-bond acceptors (Lipinski definition) is 0. The molecule has 3 saturated carbocycles. The van der Waals surface area contributed by atoms with Gasteiger partial charge in [-0.05, 0) is 60.3 Å². The van der Waals surface area contributed by atoms with E-state index in [4.69, 9.17) is 0 Å². The molecule has 0 nitrogen and oxygen atoms in total. The maximum atomic E-state index is 2.58. The van der Waals surface area contributed by atoms with Crippen molar-refractivity contribution in [2.45, 2.75) is 30.7 Å². The first kappa shape index (κ1) is 7.28. The highest BCUT2D eigenvalue weighted by Crippen LogP contribution is 2.75. The SMILES string of the molecule is [SiH3]C12C3C=CC(C3)C1C1CCC2C1. The Morgan fingerprint density at radius 1 is 1.15 bits per heavy atom. The number of allylic oxidation sites excluding steroid dienone is 2. The van der Waals surface area contributed by atoms with E-state index in [1.54, 1.807) is 25.7 Å². The maximum Gasteiger partial charge on any atom is 0.0121 e. The molecule has 0 radical (unpaired) electrons. The van der Waals surface area contributed by atoms with E-state index in [0.717, 1.165) is 34.6 Å². The number of fused-ring (bicyclic) bond motifs is 9. The lowest BCUT2D eigenvalue weighted by Crippen LogP contribution is -2.33. The summed E-state index contributed by atoms with van der Waals surface area (Å²) >= 11 is 0. The highest BCUT2D eigenvalue weighted by Gasteiger charge is 2.64. The molecule has 4 aliphatic rings. The molecule has 0 aliphatic heterocycles. The van der Waals surface area contributed by atoms with Gasteiger partial charge >= 0.3 is 0 Å². The molecule has 3 fully saturated rings. The summed E-state index contributed by atoms with van der Waals surface area (Å²) in [6, 6.07) is 0. The summed E-state index contributed by atoms with van der Waals surface area (Å²) in [5.41, 5.74) is 0. The lowest BCUT2D eigenvalue weighted by atomic mass is 9.72. The average molecular weight is 190 g/mol. The molecule has 0 aromatic carbocycles. The topological polar surface area (TPSA) is 0 Å². The van der Waals surface area contributed by atoms with E-state index in [2.05, 4.69) is 12.2 Å². The minimum atomic E-state index is 0.891. The Labute approximate surface area is 83.2 Å². The number of hydrogen-bond donors (Lipinski definition) is 0. The molecule has 4 aliphatic carbocycles. The molecule has 0 spiro atoms. The maximum absolute atomic E-state index is 2.58. The normalized spacial score (nSPS) is 66.6. The van der Waals surface area contributed by atoms with Crippen molar-refractivity contribution in [3.63, 3.8) is 0 Å². The zero-order valence-electron chi connectivity index (χ0n) is 8.37. The van der Waals surface area contributed by atoms with Gasteiger partial charge in [-0.15, -0.1) is 0 Å². The van der Waals surface area contributed by atoms with Crippen molar-refractivity contribution in [2.24, 2.45) is 29.6 Å². The van der Waals surface area contributed by atoms with E-state index in [0.29, 0.717) is 0 Å². The van der Waals surface area contributed by atoms with Crippen LogP contribution in [0.1, 0.15) is 25.7 Å². The van der Waals surface area contributed by atoms with Gasteiger partial charge in [-0.25, -0.2) is 0 Å². The van der Waals surface area contributed by atoms with Crippen LogP contribution in [0.4, 0.5) is 0 Å². The first-order chi connectivity index (χ1) is 6.30. The van der Waals surface area contributed by atoms with Gasteiger partial charge < -0.3 is 0 Å². The molecule has 70 valence electrons. The number of rotatable bonds is 0. The van der Waals surface area contributed by atoms with Crippen LogP contribution in [0.3, 0.4) is 0 Å². The first-order valence-corrected chi connectivity index (χ1v) is 6.98. The quantitative estimate of drug-likeness (QED) is 0.310. The van der Waals surface area contributed by atoms with Gasteiger partial charge in [0, 0.05) is 10.2 Å². The van der Waals surface area contributed by atoms with Crippen molar-refractivity contribution in [2.75, 3.05) is 0 Å². The molecular weight excluding hydrogens is 172 g/mol. The van der Waals surface area contributed by atoms with Crippen LogP contribution in [0.15, 0.2) is 12.2 Å². The average Bonchev–Trinajstić information content (AvgIpc) is 2.79. The second-order valence-corrected chi connectivity index (χ2v) is 7.78. The molecular formula is C12H18Si. The van der Waals surface area contributed by atoms with Gasteiger partial charge in [-0.1, -0.05) is 12.2 Å². The Balaban J connectivity index is 1.89. The van der Waals surface area contributed by atoms with E-state index in [-0.39, 0.29) is 0 Å². The van der Waals surface area contributed by atoms with Crippen LogP contribution in [0.2, 0.25) is 5.04 Å². The van der Waals surface area contributed by atoms with E-state index < -0.39 is 0 Å². The molecule has 4 bridgehead atoms. The standard InChI is InChI=1S/C12H18Si/c13-12-9-3-1-7(5-9)11(12)8-2-4-10(12)6-8/h1,3,7-11H,2,4-6H2,13H3. The van der Waals surface area contributed by atoms with Crippen molar-refractivity contribution in [1.29, 1.82) is 0 Å². The van der Waals surface area contributed by atoms with E-state index in [1.807, 2.05) is 0 Å². The van der Waals surface area contributed by atoms with Crippen molar-refractivity contribution in [3.05, 3.63) is 12.2 Å². The minimum Gasteiger partial charge on any atom is -0.0849 e. The van der Waals surface area contributed by atoms with Crippen molar-refractivity contribution in [3.8, 4) is 0 Å². The van der Waals surface area contributed by atoms with Gasteiger partial charge in [0.15, 0.2) is 0 Å². The largest absolute Gasteiger partial charge is 0.0849 e. The summed E-state index contributed by atoms with van der Waals surface area (Å²) in [7, 11) is 1.47. The van der Waals surface area contributed by atoms with Crippen LogP contribution in [0.25, 0.3) is 0 Å². The highest BCUT2D eigenvalue weighted by atomic mass is 28.1. The van der Waals surface area contributed by atoms with Crippen LogP contribution >= 0.6 is 0 Å². The summed E-state index contributed by atoms with van der Waals surface area (Å²) < 4.78 is 0. The Morgan fingerprint density at radius 2 is 2.08 bits per heavy atom. The molecule has 0 aromatic heterocycles. The fourth-order valence-corrected chi connectivity index (χ4v) is 7.36. The fraction of sp³-hybridized carbons (Fsp3) is 0.833. The second kappa shape index (κ2) is 1.98. The van der Waals surface area contributed by atoms with Crippen LogP contribution in [0, 0.1) is 29.6 Å². The van der Waals surface area contributed by atoms with Gasteiger partial charge in [0.25, 0.3) is 0 Å². The molecule has 6 atom stereocenters. The van der Waals surface area contributed by atoms with Crippen LogP contribution in [0.5, 0.6) is 0 Å².